The SMILES string of the molecule is CN(C)C(=O)CN=C(NCCc1ccccc1)NCCc1cc(F)ccc1F.I. The third-order valence-electron chi connectivity index (χ3n) is 4.11. The van der Waals surface area contributed by atoms with Gasteiger partial charge in [-0.15, -0.1) is 24.0 Å². The minimum absolute atomic E-state index is 0. The number of aliphatic imine (C=N–C) groups is 1. The molecule has 0 aliphatic rings. The Kier molecular flexibility index (Phi) is 11.2. The monoisotopic (exact) mass is 516 g/mol. The molecule has 5 nitrogen and oxygen atoms in total. The average Bonchev–Trinajstić information content (AvgIpc) is 2.68. The molecule has 0 radical (unpaired) electrons. The molecule has 0 unspecified atom stereocenters. The van der Waals surface area contributed by atoms with Gasteiger partial charge in [0, 0.05) is 27.2 Å². The van der Waals surface area contributed by atoms with Crippen molar-refractivity contribution in [3.63, 3.8) is 0 Å². The summed E-state index contributed by atoms with van der Waals surface area (Å²) >= 11 is 0. The number of rotatable bonds is 8. The van der Waals surface area contributed by atoms with Crippen LogP contribution >= 0.6 is 24.0 Å². The van der Waals surface area contributed by atoms with Crippen LogP contribution < -0.4 is 10.6 Å². The summed E-state index contributed by atoms with van der Waals surface area (Å²) in [6.45, 7) is 0.982. The molecule has 0 saturated heterocycles. The zero-order chi connectivity index (χ0) is 20.4. The fraction of sp³-hybridized carbons (Fsp3) is 0.333. The van der Waals surface area contributed by atoms with Gasteiger partial charge >= 0.3 is 0 Å². The number of hydrogen-bond donors (Lipinski definition) is 2. The van der Waals surface area contributed by atoms with Crippen LogP contribution in [0.25, 0.3) is 0 Å². The molecule has 29 heavy (non-hydrogen) atoms. The molecule has 0 fully saturated rings. The first-order valence-electron chi connectivity index (χ1n) is 9.16. The van der Waals surface area contributed by atoms with Gasteiger partial charge in [-0.3, -0.25) is 4.79 Å². The van der Waals surface area contributed by atoms with Crippen LogP contribution in [0.5, 0.6) is 0 Å². The van der Waals surface area contributed by atoms with E-state index in [1.54, 1.807) is 14.1 Å². The summed E-state index contributed by atoms with van der Waals surface area (Å²) in [7, 11) is 3.33. The average molecular weight is 516 g/mol. The van der Waals surface area contributed by atoms with Gasteiger partial charge in [0.15, 0.2) is 5.96 Å². The highest BCUT2D eigenvalue weighted by molar-refractivity contribution is 14.0. The van der Waals surface area contributed by atoms with E-state index in [-0.39, 0.29) is 36.4 Å². The molecule has 8 heteroatoms. The van der Waals surface area contributed by atoms with Crippen molar-refractivity contribution in [1.29, 1.82) is 0 Å². The van der Waals surface area contributed by atoms with E-state index in [0.717, 1.165) is 18.6 Å². The normalized spacial score (nSPS) is 10.8. The number of guanidine groups is 1. The van der Waals surface area contributed by atoms with Gasteiger partial charge in [0.25, 0.3) is 0 Å². The molecule has 2 rings (SSSR count). The fourth-order valence-electron chi connectivity index (χ4n) is 2.48. The molecule has 0 heterocycles. The van der Waals surface area contributed by atoms with Crippen LogP contribution in [-0.2, 0) is 17.6 Å². The number of hydrogen-bond acceptors (Lipinski definition) is 2. The molecule has 0 spiro atoms. The van der Waals surface area contributed by atoms with Crippen LogP contribution in [0, 0.1) is 11.6 Å². The Labute approximate surface area is 187 Å². The Balaban J connectivity index is 0.00000420. The summed E-state index contributed by atoms with van der Waals surface area (Å²) in [6, 6.07) is 13.4. The first-order chi connectivity index (χ1) is 13.5. The molecular formula is C21H27F2IN4O. The molecule has 0 saturated carbocycles. The van der Waals surface area contributed by atoms with Crippen molar-refractivity contribution in [2.45, 2.75) is 12.8 Å². The molecular weight excluding hydrogens is 489 g/mol. The largest absolute Gasteiger partial charge is 0.356 e. The van der Waals surface area contributed by atoms with Crippen molar-refractivity contribution >= 4 is 35.8 Å². The lowest BCUT2D eigenvalue weighted by Gasteiger charge is -2.14. The van der Waals surface area contributed by atoms with E-state index in [2.05, 4.69) is 15.6 Å². The quantitative estimate of drug-likeness (QED) is 0.323. The maximum atomic E-state index is 13.7. The number of likely N-dealkylation sites (N-methyl/N-ethyl adjacent to an activating group) is 1. The predicted octanol–water partition coefficient (Wildman–Crippen LogP) is 2.99. The second kappa shape index (κ2) is 13.1. The first-order valence-corrected chi connectivity index (χ1v) is 9.16. The summed E-state index contributed by atoms with van der Waals surface area (Å²) in [4.78, 5) is 17.5. The topological polar surface area (TPSA) is 56.7 Å². The van der Waals surface area contributed by atoms with Gasteiger partial charge in [-0.1, -0.05) is 30.3 Å². The van der Waals surface area contributed by atoms with E-state index >= 15 is 0 Å². The van der Waals surface area contributed by atoms with E-state index in [9.17, 15) is 13.6 Å². The van der Waals surface area contributed by atoms with Crippen molar-refractivity contribution in [3.8, 4) is 0 Å². The van der Waals surface area contributed by atoms with Gasteiger partial charge in [-0.2, -0.15) is 0 Å². The highest BCUT2D eigenvalue weighted by atomic mass is 127. The summed E-state index contributed by atoms with van der Waals surface area (Å²) in [5.74, 6) is -0.576. The van der Waals surface area contributed by atoms with Gasteiger partial charge < -0.3 is 15.5 Å². The lowest BCUT2D eigenvalue weighted by Crippen LogP contribution is -2.40. The van der Waals surface area contributed by atoms with Gasteiger partial charge in [0.2, 0.25) is 5.91 Å². The summed E-state index contributed by atoms with van der Waals surface area (Å²) < 4.78 is 27.0. The molecule has 1 amide bonds. The van der Waals surface area contributed by atoms with Crippen LogP contribution in [-0.4, -0.2) is 50.5 Å². The highest BCUT2D eigenvalue weighted by Crippen LogP contribution is 2.09. The van der Waals surface area contributed by atoms with Crippen molar-refractivity contribution in [3.05, 3.63) is 71.3 Å². The second-order valence-corrected chi connectivity index (χ2v) is 6.53. The molecule has 0 aliphatic carbocycles. The Morgan fingerprint density at radius 2 is 1.66 bits per heavy atom. The van der Waals surface area contributed by atoms with Crippen molar-refractivity contribution < 1.29 is 13.6 Å². The number of halogens is 3. The summed E-state index contributed by atoms with van der Waals surface area (Å²) in [6.07, 6.45) is 1.09. The second-order valence-electron chi connectivity index (χ2n) is 6.53. The molecule has 2 aromatic carbocycles. The van der Waals surface area contributed by atoms with Crippen molar-refractivity contribution in [1.82, 2.24) is 15.5 Å². The number of nitrogens with zero attached hydrogens (tertiary/aromatic N) is 2. The van der Waals surface area contributed by atoms with Crippen LogP contribution in [0.4, 0.5) is 8.78 Å². The van der Waals surface area contributed by atoms with E-state index in [0.29, 0.717) is 31.0 Å². The van der Waals surface area contributed by atoms with Crippen LogP contribution in [0.3, 0.4) is 0 Å². The van der Waals surface area contributed by atoms with E-state index in [1.165, 1.54) is 16.5 Å². The molecule has 0 aliphatic heterocycles. The Morgan fingerprint density at radius 3 is 2.31 bits per heavy atom. The van der Waals surface area contributed by atoms with Crippen LogP contribution in [0.2, 0.25) is 0 Å². The molecule has 0 aromatic heterocycles. The fourth-order valence-corrected chi connectivity index (χ4v) is 2.48. The van der Waals surface area contributed by atoms with Gasteiger partial charge in [0.1, 0.15) is 18.2 Å². The molecule has 0 atom stereocenters. The maximum Gasteiger partial charge on any atom is 0.243 e. The highest BCUT2D eigenvalue weighted by Gasteiger charge is 2.07. The standard InChI is InChI=1S/C21H26F2N4O.HI/c1-27(2)20(28)15-26-21(24-12-10-16-6-4-3-5-7-16)25-13-11-17-14-18(22)8-9-19(17)23;/h3-9,14H,10-13,15H2,1-2H3,(H2,24,25,26);1H. The zero-order valence-corrected chi connectivity index (χ0v) is 19.0. The zero-order valence-electron chi connectivity index (χ0n) is 16.6. The van der Waals surface area contributed by atoms with Gasteiger partial charge in [-0.25, -0.2) is 13.8 Å². The lowest BCUT2D eigenvalue weighted by molar-refractivity contribution is -0.127. The number of benzene rings is 2. The minimum Gasteiger partial charge on any atom is -0.356 e. The summed E-state index contributed by atoms with van der Waals surface area (Å²) in [5.41, 5.74) is 1.47. The molecule has 2 aromatic rings. The third-order valence-corrected chi connectivity index (χ3v) is 4.11. The Morgan fingerprint density at radius 1 is 1.00 bits per heavy atom. The predicted molar refractivity (Wildman–Crippen MR) is 123 cm³/mol. The van der Waals surface area contributed by atoms with Crippen molar-refractivity contribution in [2.24, 2.45) is 4.99 Å². The molecule has 2 N–H and O–H groups in total. The van der Waals surface area contributed by atoms with Gasteiger partial charge in [-0.05, 0) is 42.2 Å². The Bertz CT molecular complexity index is 801. The smallest absolute Gasteiger partial charge is 0.243 e. The number of carbonyl (C=O) groups is 1. The third kappa shape index (κ3) is 9.21. The number of amides is 1. The molecule has 0 bridgehead atoms. The molecule has 158 valence electrons. The van der Waals surface area contributed by atoms with Crippen molar-refractivity contribution in [2.75, 3.05) is 33.7 Å². The number of carbonyl (C=O) groups excluding carboxylic acids is 1. The van der Waals surface area contributed by atoms with E-state index < -0.39 is 11.6 Å². The Hall–Kier alpha value is -2.23. The minimum atomic E-state index is -0.470. The lowest BCUT2D eigenvalue weighted by atomic mass is 10.1. The van der Waals surface area contributed by atoms with E-state index in [1.807, 2.05) is 30.3 Å². The first kappa shape index (κ1) is 24.8. The van der Waals surface area contributed by atoms with Crippen LogP contribution in [0.15, 0.2) is 53.5 Å². The number of nitrogens with one attached hydrogen (secondary N) is 2. The van der Waals surface area contributed by atoms with Crippen LogP contribution in [0.1, 0.15) is 11.1 Å². The van der Waals surface area contributed by atoms with E-state index in [4.69, 9.17) is 0 Å². The summed E-state index contributed by atoms with van der Waals surface area (Å²) in [5, 5.41) is 6.25. The maximum absolute atomic E-state index is 13.7. The van der Waals surface area contributed by atoms with Gasteiger partial charge in [0.05, 0.1) is 0 Å².